The zero-order chi connectivity index (χ0) is 18.3. The number of H-pyrrole nitrogens is 1. The maximum Gasteiger partial charge on any atom is 0.272 e. The minimum atomic E-state index is -0.309. The van der Waals surface area contributed by atoms with Crippen LogP contribution in [0.1, 0.15) is 17.1 Å². The Morgan fingerprint density at radius 3 is 2.65 bits per heavy atom. The number of hydrogen-bond acceptors (Lipinski definition) is 5. The highest BCUT2D eigenvalue weighted by atomic mass is 32.2. The topological polar surface area (TPSA) is 76.2 Å². The number of hydrogen-bond donors (Lipinski definition) is 1. The second-order valence-corrected chi connectivity index (χ2v) is 6.79. The average Bonchev–Trinajstić information content (AvgIpc) is 3.18. The molecule has 132 valence electrons. The van der Waals surface area contributed by atoms with E-state index in [0.29, 0.717) is 28.0 Å². The molecular weight excluding hydrogens is 355 g/mol. The van der Waals surface area contributed by atoms with Crippen LogP contribution in [0.4, 0.5) is 4.39 Å². The molecule has 6 nitrogen and oxygen atoms in total. The number of nitrogens with one attached hydrogen (secondary N) is 1. The summed E-state index contributed by atoms with van der Waals surface area (Å²) in [6.45, 7) is 3.75. The van der Waals surface area contributed by atoms with Crippen molar-refractivity contribution < 1.29 is 8.81 Å². The van der Waals surface area contributed by atoms with Crippen LogP contribution < -0.4 is 5.56 Å². The third-order valence-corrected chi connectivity index (χ3v) is 4.87. The summed E-state index contributed by atoms with van der Waals surface area (Å²) < 4.78 is 20.0. The molecule has 0 saturated carbocycles. The molecule has 26 heavy (non-hydrogen) atoms. The molecule has 0 fully saturated rings. The van der Waals surface area contributed by atoms with Gasteiger partial charge in [0.1, 0.15) is 11.6 Å². The second-order valence-electron chi connectivity index (χ2n) is 5.87. The van der Waals surface area contributed by atoms with Gasteiger partial charge < -0.3 is 4.42 Å². The Bertz CT molecular complexity index is 1120. The van der Waals surface area contributed by atoms with Crippen LogP contribution in [0.5, 0.6) is 0 Å². The summed E-state index contributed by atoms with van der Waals surface area (Å²) in [5.74, 6) is 0.948. The van der Waals surface area contributed by atoms with Crippen molar-refractivity contribution in [1.82, 2.24) is 19.6 Å². The highest BCUT2D eigenvalue weighted by molar-refractivity contribution is 7.98. The number of halogens is 1. The molecule has 1 aromatic carbocycles. The molecule has 0 unspecified atom stereocenters. The van der Waals surface area contributed by atoms with Crippen LogP contribution in [0.2, 0.25) is 0 Å². The predicted molar refractivity (Wildman–Crippen MR) is 96.7 cm³/mol. The van der Waals surface area contributed by atoms with Crippen molar-refractivity contribution in [3.05, 3.63) is 69.7 Å². The monoisotopic (exact) mass is 370 g/mol. The molecule has 0 aliphatic rings. The molecule has 0 aliphatic heterocycles. The smallest absolute Gasteiger partial charge is 0.272 e. The van der Waals surface area contributed by atoms with Gasteiger partial charge in [-0.15, -0.1) is 0 Å². The van der Waals surface area contributed by atoms with E-state index in [2.05, 4.69) is 15.1 Å². The van der Waals surface area contributed by atoms with Crippen LogP contribution in [0.3, 0.4) is 0 Å². The Hall–Kier alpha value is -2.87. The summed E-state index contributed by atoms with van der Waals surface area (Å²) in [4.78, 5) is 21.2. The van der Waals surface area contributed by atoms with E-state index < -0.39 is 0 Å². The first-order valence-electron chi connectivity index (χ1n) is 7.94. The third-order valence-electron chi connectivity index (χ3n) is 4.01. The molecule has 0 spiro atoms. The van der Waals surface area contributed by atoms with E-state index in [9.17, 15) is 9.18 Å². The second kappa shape index (κ2) is 6.45. The maximum absolute atomic E-state index is 13.1. The van der Waals surface area contributed by atoms with Gasteiger partial charge in [0.2, 0.25) is 0 Å². The van der Waals surface area contributed by atoms with Gasteiger partial charge in [-0.25, -0.2) is 18.9 Å². The van der Waals surface area contributed by atoms with E-state index in [4.69, 9.17) is 4.42 Å². The van der Waals surface area contributed by atoms with Crippen molar-refractivity contribution in [3.63, 3.8) is 0 Å². The first-order chi connectivity index (χ1) is 12.5. The zero-order valence-corrected chi connectivity index (χ0v) is 14.9. The molecular formula is C18H15FN4O2S. The largest absolute Gasteiger partial charge is 0.437 e. The van der Waals surface area contributed by atoms with Gasteiger partial charge in [-0.2, -0.15) is 0 Å². The number of aromatic nitrogens is 4. The molecule has 4 aromatic rings. The van der Waals surface area contributed by atoms with Gasteiger partial charge in [0, 0.05) is 17.9 Å². The highest BCUT2D eigenvalue weighted by Gasteiger charge is 2.11. The molecule has 0 saturated heterocycles. The minimum absolute atomic E-state index is 0.210. The Morgan fingerprint density at radius 2 is 1.96 bits per heavy atom. The molecule has 0 radical (unpaired) electrons. The van der Waals surface area contributed by atoms with Crippen molar-refractivity contribution in [2.45, 2.75) is 24.8 Å². The van der Waals surface area contributed by atoms with Gasteiger partial charge in [0.25, 0.3) is 10.8 Å². The lowest BCUT2D eigenvalue weighted by atomic mass is 10.1. The first kappa shape index (κ1) is 16.6. The minimum Gasteiger partial charge on any atom is -0.437 e. The normalized spacial score (nSPS) is 11.3. The number of thioether (sulfide) groups is 1. The Balaban J connectivity index is 1.63. The summed E-state index contributed by atoms with van der Waals surface area (Å²) in [5.41, 5.74) is 3.26. The van der Waals surface area contributed by atoms with Crippen LogP contribution in [0, 0.1) is 19.7 Å². The fourth-order valence-electron chi connectivity index (χ4n) is 2.53. The Labute approximate surface area is 152 Å². The molecule has 0 aliphatic carbocycles. The maximum atomic E-state index is 13.1. The summed E-state index contributed by atoms with van der Waals surface area (Å²) in [5, 5.41) is 3.55. The fourth-order valence-corrected chi connectivity index (χ4v) is 3.34. The van der Waals surface area contributed by atoms with E-state index >= 15 is 0 Å². The third kappa shape index (κ3) is 3.15. The summed E-state index contributed by atoms with van der Waals surface area (Å²) in [6.07, 6.45) is 0. The lowest BCUT2D eigenvalue weighted by molar-refractivity contribution is 0.431. The number of fused-ring (bicyclic) bond motifs is 1. The van der Waals surface area contributed by atoms with E-state index in [0.717, 1.165) is 17.0 Å². The van der Waals surface area contributed by atoms with Crippen molar-refractivity contribution in [3.8, 4) is 11.3 Å². The van der Waals surface area contributed by atoms with Crippen LogP contribution in [-0.2, 0) is 5.75 Å². The van der Waals surface area contributed by atoms with E-state index in [-0.39, 0.29) is 11.4 Å². The van der Waals surface area contributed by atoms with Crippen LogP contribution >= 0.6 is 11.8 Å². The van der Waals surface area contributed by atoms with Crippen molar-refractivity contribution in [2.75, 3.05) is 0 Å². The van der Waals surface area contributed by atoms with Crippen molar-refractivity contribution in [2.24, 2.45) is 0 Å². The van der Waals surface area contributed by atoms with Crippen LogP contribution in [-0.4, -0.2) is 19.6 Å². The number of aryl methyl sites for hydroxylation is 2. The number of rotatable bonds is 4. The van der Waals surface area contributed by atoms with Crippen LogP contribution in [0.15, 0.2) is 50.8 Å². The van der Waals surface area contributed by atoms with E-state index in [1.807, 2.05) is 13.8 Å². The number of nitrogens with zero attached hydrogens (tertiary/aromatic N) is 3. The van der Waals surface area contributed by atoms with Gasteiger partial charge >= 0.3 is 0 Å². The molecule has 3 aromatic heterocycles. The van der Waals surface area contributed by atoms with Crippen LogP contribution in [0.25, 0.3) is 16.9 Å². The molecule has 3 heterocycles. The molecule has 4 rings (SSSR count). The Kier molecular flexibility index (Phi) is 4.12. The number of benzene rings is 1. The average molecular weight is 370 g/mol. The van der Waals surface area contributed by atoms with Crippen molar-refractivity contribution in [1.29, 1.82) is 0 Å². The summed E-state index contributed by atoms with van der Waals surface area (Å²) in [6, 6.07) is 9.29. The predicted octanol–water partition coefficient (Wildman–Crippen LogP) is 3.73. The number of oxazole rings is 1. The lowest BCUT2D eigenvalue weighted by Crippen LogP contribution is -2.15. The SMILES string of the molecule is Cc1nc(SCc2cc(=O)n3[nH]c(-c4ccc(F)cc4)cc3n2)oc1C. The fraction of sp³-hybridized carbons (Fsp3) is 0.167. The van der Waals surface area contributed by atoms with Gasteiger partial charge in [0.05, 0.1) is 17.1 Å². The molecule has 0 bridgehead atoms. The lowest BCUT2D eigenvalue weighted by Gasteiger charge is -1.99. The quantitative estimate of drug-likeness (QED) is 0.554. The van der Waals surface area contributed by atoms with Gasteiger partial charge in [-0.3, -0.25) is 9.89 Å². The van der Waals surface area contributed by atoms with E-state index in [1.54, 1.807) is 18.2 Å². The van der Waals surface area contributed by atoms with Gasteiger partial charge in [-0.1, -0.05) is 11.8 Å². The Morgan fingerprint density at radius 1 is 1.19 bits per heavy atom. The summed E-state index contributed by atoms with van der Waals surface area (Å²) >= 11 is 1.39. The summed E-state index contributed by atoms with van der Waals surface area (Å²) in [7, 11) is 0. The molecule has 1 N–H and O–H groups in total. The number of aromatic amines is 1. The van der Waals surface area contributed by atoms with Gasteiger partial charge in [0.15, 0.2) is 5.65 Å². The standard InChI is InChI=1S/C18H15FN4O2S/c1-10-11(2)25-18(20-10)26-9-14-7-17(24)23-16(21-14)8-15(22-23)12-3-5-13(19)6-4-12/h3-8,22H,9H2,1-2H3. The van der Waals surface area contributed by atoms with E-state index in [1.165, 1.54) is 34.5 Å². The first-order valence-corrected chi connectivity index (χ1v) is 8.92. The van der Waals surface area contributed by atoms with Gasteiger partial charge in [-0.05, 0) is 43.7 Å². The zero-order valence-electron chi connectivity index (χ0n) is 14.1. The molecule has 0 atom stereocenters. The van der Waals surface area contributed by atoms with Crippen molar-refractivity contribution >= 4 is 17.4 Å². The molecule has 8 heteroatoms. The highest BCUT2D eigenvalue weighted by Crippen LogP contribution is 2.24. The molecule has 0 amide bonds.